The van der Waals surface area contributed by atoms with Crippen LogP contribution in [-0.2, 0) is 14.8 Å². The Morgan fingerprint density at radius 2 is 1.66 bits per heavy atom. The molecule has 1 aliphatic heterocycles. The molecule has 2 N–H and O–H groups in total. The quantitative estimate of drug-likeness (QED) is 0.645. The number of thiazole rings is 1. The maximum Gasteiger partial charge on any atom is 0.238 e. The van der Waals surface area contributed by atoms with Crippen molar-refractivity contribution in [1.29, 1.82) is 0 Å². The Kier molecular flexibility index (Phi) is 5.44. The van der Waals surface area contributed by atoms with Crippen LogP contribution in [0.25, 0.3) is 21.7 Å². The highest BCUT2D eigenvalue weighted by Gasteiger charge is 2.25. The number of nitrogens with zero attached hydrogens (tertiary/aromatic N) is 2. The molecule has 0 unspecified atom stereocenters. The monoisotopic (exact) mass is 447 g/mol. The van der Waals surface area contributed by atoms with Crippen LogP contribution in [0.5, 0.6) is 0 Å². The van der Waals surface area contributed by atoms with Crippen LogP contribution in [0.3, 0.4) is 0 Å². The third-order valence-corrected chi connectivity index (χ3v) is 7.04. The fourth-order valence-corrected chi connectivity index (χ4v) is 5.01. The Bertz CT molecular complexity index is 1160. The van der Waals surface area contributed by atoms with Gasteiger partial charge in [0.05, 0.1) is 15.5 Å². The maximum absolute atomic E-state index is 12.4. The third-order valence-electron chi connectivity index (χ3n) is 4.73. The average Bonchev–Trinajstić information content (AvgIpc) is 3.13. The number of benzene rings is 2. The van der Waals surface area contributed by atoms with Crippen molar-refractivity contribution < 1.29 is 13.2 Å². The number of aromatic nitrogens is 1. The lowest BCUT2D eigenvalue weighted by Crippen LogP contribution is -2.35. The van der Waals surface area contributed by atoms with Gasteiger partial charge in [0.2, 0.25) is 15.9 Å². The van der Waals surface area contributed by atoms with Crippen LogP contribution in [0.1, 0.15) is 19.3 Å². The maximum atomic E-state index is 12.4. The SMILES string of the molecule is NS(=O)(=O)c1ccc(-c2sc(N3CCCCC3=O)nc2-c2ccc(Cl)cc2)cc1. The standard InChI is InChI=1S/C20H18ClN3O3S2/c21-15-8-4-13(5-9-15)18-19(14-6-10-16(11-7-14)29(22,26)27)28-20(23-18)24-12-2-1-3-17(24)25/h4-11H,1-3,12H2,(H2,22,26,27). The number of hydrogen-bond donors (Lipinski definition) is 1. The molecule has 1 aliphatic rings. The molecular weight excluding hydrogens is 430 g/mol. The zero-order valence-electron chi connectivity index (χ0n) is 15.3. The first-order chi connectivity index (χ1) is 13.8. The number of rotatable bonds is 4. The summed E-state index contributed by atoms with van der Waals surface area (Å²) in [5, 5.41) is 6.47. The number of hydrogen-bond acceptors (Lipinski definition) is 5. The van der Waals surface area contributed by atoms with E-state index < -0.39 is 10.0 Å². The van der Waals surface area contributed by atoms with E-state index in [1.165, 1.54) is 23.5 Å². The molecule has 1 aromatic heterocycles. The number of piperidine rings is 1. The first kappa shape index (κ1) is 20.0. The Hall–Kier alpha value is -2.26. The van der Waals surface area contributed by atoms with Crippen molar-refractivity contribution in [1.82, 2.24) is 4.98 Å². The van der Waals surface area contributed by atoms with Gasteiger partial charge in [-0.2, -0.15) is 0 Å². The van der Waals surface area contributed by atoms with Gasteiger partial charge >= 0.3 is 0 Å². The predicted octanol–water partition coefficient (Wildman–Crippen LogP) is 4.29. The van der Waals surface area contributed by atoms with E-state index in [0.717, 1.165) is 34.5 Å². The van der Waals surface area contributed by atoms with Crippen LogP contribution in [0.15, 0.2) is 53.4 Å². The van der Waals surface area contributed by atoms with Crippen molar-refractivity contribution in [3.8, 4) is 21.7 Å². The van der Waals surface area contributed by atoms with Gasteiger partial charge in [0.25, 0.3) is 0 Å². The highest BCUT2D eigenvalue weighted by Crippen LogP contribution is 2.41. The summed E-state index contributed by atoms with van der Waals surface area (Å²) >= 11 is 7.44. The van der Waals surface area contributed by atoms with Crippen LogP contribution in [0, 0.1) is 0 Å². The summed E-state index contributed by atoms with van der Waals surface area (Å²) in [6.45, 7) is 0.649. The van der Waals surface area contributed by atoms with Crippen LogP contribution in [0.2, 0.25) is 5.02 Å². The molecule has 0 bridgehead atoms. The fourth-order valence-electron chi connectivity index (χ4n) is 3.23. The number of amides is 1. The Labute approximate surface area is 178 Å². The number of nitrogens with two attached hydrogens (primary N) is 1. The van der Waals surface area contributed by atoms with Crippen molar-refractivity contribution in [3.63, 3.8) is 0 Å². The number of halogens is 1. The van der Waals surface area contributed by atoms with E-state index in [1.807, 2.05) is 12.1 Å². The predicted molar refractivity (Wildman–Crippen MR) is 116 cm³/mol. The first-order valence-corrected chi connectivity index (χ1v) is 11.8. The molecule has 9 heteroatoms. The number of carbonyl (C=O) groups excluding carboxylic acids is 1. The summed E-state index contributed by atoms with van der Waals surface area (Å²) in [5.74, 6) is 0.0729. The zero-order chi connectivity index (χ0) is 20.6. The van der Waals surface area contributed by atoms with Gasteiger partial charge in [-0.05, 0) is 42.7 Å². The van der Waals surface area contributed by atoms with Gasteiger partial charge in [-0.15, -0.1) is 0 Å². The molecule has 0 saturated carbocycles. The van der Waals surface area contributed by atoms with Crippen molar-refractivity contribution in [2.24, 2.45) is 5.14 Å². The average molecular weight is 448 g/mol. The zero-order valence-corrected chi connectivity index (χ0v) is 17.7. The van der Waals surface area contributed by atoms with Gasteiger partial charge in [0, 0.05) is 23.6 Å². The summed E-state index contributed by atoms with van der Waals surface area (Å²) in [6, 6.07) is 13.7. The van der Waals surface area contributed by atoms with E-state index >= 15 is 0 Å². The molecule has 6 nitrogen and oxygen atoms in total. The topological polar surface area (TPSA) is 93.4 Å². The van der Waals surface area contributed by atoms with Gasteiger partial charge in [0.15, 0.2) is 5.13 Å². The van der Waals surface area contributed by atoms with Gasteiger partial charge in [-0.25, -0.2) is 18.5 Å². The second kappa shape index (κ2) is 7.87. The largest absolute Gasteiger partial charge is 0.288 e. The van der Waals surface area contributed by atoms with E-state index in [1.54, 1.807) is 29.2 Å². The molecule has 0 atom stereocenters. The van der Waals surface area contributed by atoms with Gasteiger partial charge in [-0.1, -0.05) is 47.2 Å². The number of carbonyl (C=O) groups is 1. The molecule has 4 rings (SSSR count). The molecule has 1 fully saturated rings. The molecule has 0 radical (unpaired) electrons. The minimum atomic E-state index is -3.77. The molecule has 29 heavy (non-hydrogen) atoms. The Morgan fingerprint density at radius 3 is 2.28 bits per heavy atom. The van der Waals surface area contributed by atoms with E-state index in [2.05, 4.69) is 0 Å². The van der Waals surface area contributed by atoms with Crippen LogP contribution >= 0.6 is 22.9 Å². The smallest absolute Gasteiger partial charge is 0.238 e. The van der Waals surface area contributed by atoms with Crippen LogP contribution in [0.4, 0.5) is 5.13 Å². The van der Waals surface area contributed by atoms with Crippen molar-refractivity contribution >= 4 is 44.0 Å². The van der Waals surface area contributed by atoms with Gasteiger partial charge in [0.1, 0.15) is 0 Å². The van der Waals surface area contributed by atoms with E-state index in [9.17, 15) is 13.2 Å². The molecule has 3 aromatic rings. The number of sulfonamides is 1. The third kappa shape index (κ3) is 4.20. The second-order valence-corrected chi connectivity index (χ2v) is 9.73. The minimum Gasteiger partial charge on any atom is -0.288 e. The molecular formula is C20H18ClN3O3S2. The fraction of sp³-hybridized carbons (Fsp3) is 0.200. The van der Waals surface area contributed by atoms with Crippen molar-refractivity contribution in [2.75, 3.05) is 11.4 Å². The van der Waals surface area contributed by atoms with Gasteiger partial charge < -0.3 is 0 Å². The summed E-state index contributed by atoms with van der Waals surface area (Å²) in [5.41, 5.74) is 2.39. The molecule has 1 amide bonds. The lowest BCUT2D eigenvalue weighted by molar-refractivity contribution is -0.119. The summed E-state index contributed by atoms with van der Waals surface area (Å²) in [4.78, 5) is 19.8. The normalized spacial score (nSPS) is 15.0. The minimum absolute atomic E-state index is 0.0465. The molecule has 150 valence electrons. The summed E-state index contributed by atoms with van der Waals surface area (Å²) in [6.07, 6.45) is 2.36. The Morgan fingerprint density at radius 1 is 1.00 bits per heavy atom. The van der Waals surface area contributed by atoms with Crippen LogP contribution in [-0.4, -0.2) is 25.9 Å². The van der Waals surface area contributed by atoms with E-state index in [4.69, 9.17) is 21.7 Å². The lowest BCUT2D eigenvalue weighted by Gasteiger charge is -2.23. The highest BCUT2D eigenvalue weighted by molar-refractivity contribution is 7.89. The second-order valence-electron chi connectivity index (χ2n) is 6.75. The van der Waals surface area contributed by atoms with Crippen LogP contribution < -0.4 is 10.0 Å². The number of primary sulfonamides is 1. The van der Waals surface area contributed by atoms with E-state index in [-0.39, 0.29) is 10.8 Å². The molecule has 2 heterocycles. The van der Waals surface area contributed by atoms with Crippen molar-refractivity contribution in [3.05, 3.63) is 53.6 Å². The number of anilines is 1. The first-order valence-electron chi connectivity index (χ1n) is 9.03. The summed E-state index contributed by atoms with van der Waals surface area (Å²) in [7, 11) is -3.77. The molecule has 2 aromatic carbocycles. The highest BCUT2D eigenvalue weighted by atomic mass is 35.5. The summed E-state index contributed by atoms with van der Waals surface area (Å²) < 4.78 is 23.1. The molecule has 0 spiro atoms. The lowest BCUT2D eigenvalue weighted by atomic mass is 10.1. The molecule has 0 aliphatic carbocycles. The van der Waals surface area contributed by atoms with Gasteiger partial charge in [-0.3, -0.25) is 9.69 Å². The Balaban J connectivity index is 1.82. The van der Waals surface area contributed by atoms with Crippen molar-refractivity contribution in [2.45, 2.75) is 24.2 Å². The molecule has 1 saturated heterocycles. The van der Waals surface area contributed by atoms with E-state index in [0.29, 0.717) is 23.1 Å².